The molecule has 2 heterocycles. The molecule has 1 aromatic heterocycles. The average Bonchev–Trinajstić information content (AvgIpc) is 3.22. The van der Waals surface area contributed by atoms with E-state index in [9.17, 15) is 19.1 Å². The average molecular weight is 350 g/mol. The summed E-state index contributed by atoms with van der Waals surface area (Å²) in [6.45, 7) is 0.208. The van der Waals surface area contributed by atoms with E-state index in [1.807, 2.05) is 0 Å². The second-order valence-electron chi connectivity index (χ2n) is 5.41. The second-order valence-corrected chi connectivity index (χ2v) is 6.45. The van der Waals surface area contributed by atoms with Crippen molar-refractivity contribution in [2.45, 2.75) is 18.6 Å². The minimum absolute atomic E-state index is 0.208. The largest absolute Gasteiger partial charge is 0.480 e. The van der Waals surface area contributed by atoms with Crippen LogP contribution in [0.2, 0.25) is 0 Å². The Hall–Kier alpha value is -2.32. The van der Waals surface area contributed by atoms with E-state index in [2.05, 4.69) is 4.98 Å². The van der Waals surface area contributed by atoms with Crippen LogP contribution in [0.5, 0.6) is 0 Å². The highest BCUT2D eigenvalue weighted by molar-refractivity contribution is 7.16. The molecule has 0 radical (unpaired) electrons. The van der Waals surface area contributed by atoms with Gasteiger partial charge in [-0.1, -0.05) is 12.1 Å². The molecule has 126 valence electrons. The molecule has 0 spiro atoms. The normalized spacial score (nSPS) is 20.3. The van der Waals surface area contributed by atoms with Gasteiger partial charge >= 0.3 is 5.97 Å². The van der Waals surface area contributed by atoms with Crippen molar-refractivity contribution in [1.82, 2.24) is 9.88 Å². The molecule has 2 atom stereocenters. The predicted molar refractivity (Wildman–Crippen MR) is 85.4 cm³/mol. The Balaban J connectivity index is 1.86. The van der Waals surface area contributed by atoms with E-state index < -0.39 is 23.7 Å². The van der Waals surface area contributed by atoms with E-state index in [0.717, 1.165) is 11.3 Å². The molecule has 1 amide bonds. The maximum atomic E-state index is 13.8. The fourth-order valence-corrected chi connectivity index (χ4v) is 3.60. The third-order valence-corrected chi connectivity index (χ3v) is 4.98. The monoisotopic (exact) mass is 350 g/mol. The van der Waals surface area contributed by atoms with Gasteiger partial charge < -0.3 is 14.7 Å². The van der Waals surface area contributed by atoms with Crippen LogP contribution >= 0.6 is 11.3 Å². The molecule has 6 nitrogen and oxygen atoms in total. The van der Waals surface area contributed by atoms with Crippen LogP contribution < -0.4 is 0 Å². The number of thiazole rings is 1. The SMILES string of the molecule is COC1CC(C(=O)O)N(C(=O)c2cnc(-c3ccccc3F)s2)C1. The number of carbonyl (C=O) groups excluding carboxylic acids is 1. The fourth-order valence-electron chi connectivity index (χ4n) is 2.70. The summed E-state index contributed by atoms with van der Waals surface area (Å²) in [5.41, 5.74) is 0.313. The summed E-state index contributed by atoms with van der Waals surface area (Å²) in [5, 5.41) is 9.68. The highest BCUT2D eigenvalue weighted by Gasteiger charge is 2.40. The van der Waals surface area contributed by atoms with Gasteiger partial charge in [0.1, 0.15) is 21.7 Å². The van der Waals surface area contributed by atoms with Crippen LogP contribution in [-0.4, -0.2) is 52.7 Å². The van der Waals surface area contributed by atoms with Crippen molar-refractivity contribution >= 4 is 23.2 Å². The maximum absolute atomic E-state index is 13.8. The number of carboxylic acids is 1. The Morgan fingerprint density at radius 1 is 1.42 bits per heavy atom. The molecule has 0 aliphatic carbocycles. The Kier molecular flexibility index (Phi) is 4.59. The standard InChI is InChI=1S/C16H15FN2O4S/c1-23-9-6-12(16(21)22)19(8-9)15(20)13-7-18-14(24-13)10-4-2-3-5-11(10)17/h2-5,7,9,12H,6,8H2,1H3,(H,21,22). The highest BCUT2D eigenvalue weighted by Crippen LogP contribution is 2.30. The number of carbonyl (C=O) groups is 2. The molecule has 1 fully saturated rings. The van der Waals surface area contributed by atoms with Crippen LogP contribution in [0.1, 0.15) is 16.1 Å². The summed E-state index contributed by atoms with van der Waals surface area (Å²) < 4.78 is 19.0. The van der Waals surface area contributed by atoms with Gasteiger partial charge in [-0.25, -0.2) is 14.2 Å². The van der Waals surface area contributed by atoms with Crippen molar-refractivity contribution in [3.8, 4) is 10.6 Å². The Morgan fingerprint density at radius 2 is 2.17 bits per heavy atom. The molecule has 0 saturated carbocycles. The molecule has 0 bridgehead atoms. The van der Waals surface area contributed by atoms with Gasteiger partial charge in [0, 0.05) is 25.6 Å². The summed E-state index contributed by atoms with van der Waals surface area (Å²) in [4.78, 5) is 29.7. The lowest BCUT2D eigenvalue weighted by Crippen LogP contribution is -2.40. The fraction of sp³-hybridized carbons (Fsp3) is 0.312. The lowest BCUT2D eigenvalue weighted by molar-refractivity contribution is -0.141. The minimum atomic E-state index is -1.07. The number of carboxylic acid groups (broad SMARTS) is 1. The molecule has 24 heavy (non-hydrogen) atoms. The number of amides is 1. The maximum Gasteiger partial charge on any atom is 0.326 e. The summed E-state index contributed by atoms with van der Waals surface area (Å²) in [5.74, 6) is -1.92. The molecule has 1 aliphatic heterocycles. The first kappa shape index (κ1) is 16.5. The number of rotatable bonds is 4. The number of nitrogens with zero attached hydrogens (tertiary/aromatic N) is 2. The molecule has 1 saturated heterocycles. The van der Waals surface area contributed by atoms with Crippen LogP contribution in [0.4, 0.5) is 4.39 Å². The molecule has 3 rings (SSSR count). The number of benzene rings is 1. The number of aromatic nitrogens is 1. The summed E-state index contributed by atoms with van der Waals surface area (Å²) in [7, 11) is 1.49. The lowest BCUT2D eigenvalue weighted by Gasteiger charge is -2.20. The van der Waals surface area contributed by atoms with Crippen molar-refractivity contribution in [3.05, 3.63) is 41.2 Å². The number of ether oxygens (including phenoxy) is 1. The molecule has 1 aliphatic rings. The quantitative estimate of drug-likeness (QED) is 0.915. The van der Waals surface area contributed by atoms with Crippen LogP contribution in [-0.2, 0) is 9.53 Å². The van der Waals surface area contributed by atoms with E-state index in [4.69, 9.17) is 4.74 Å². The van der Waals surface area contributed by atoms with Gasteiger partial charge in [0.05, 0.1) is 12.3 Å². The summed E-state index contributed by atoms with van der Waals surface area (Å²) >= 11 is 1.04. The van der Waals surface area contributed by atoms with E-state index in [-0.39, 0.29) is 23.9 Å². The summed E-state index contributed by atoms with van der Waals surface area (Å²) in [6.07, 6.45) is 1.29. The molecule has 1 N–H and O–H groups in total. The number of methoxy groups -OCH3 is 1. The van der Waals surface area contributed by atoms with Crippen molar-refractivity contribution in [1.29, 1.82) is 0 Å². The first-order chi connectivity index (χ1) is 11.5. The first-order valence-electron chi connectivity index (χ1n) is 7.28. The molecule has 8 heteroatoms. The van der Waals surface area contributed by atoms with Crippen molar-refractivity contribution in [2.75, 3.05) is 13.7 Å². The van der Waals surface area contributed by atoms with Gasteiger partial charge in [-0.15, -0.1) is 11.3 Å². The van der Waals surface area contributed by atoms with Gasteiger partial charge in [-0.2, -0.15) is 0 Å². The first-order valence-corrected chi connectivity index (χ1v) is 8.10. The number of likely N-dealkylation sites (tertiary alicyclic amines) is 1. The smallest absolute Gasteiger partial charge is 0.326 e. The van der Waals surface area contributed by atoms with Gasteiger partial charge in [0.25, 0.3) is 5.91 Å². The molecular formula is C16H15FN2O4S. The third kappa shape index (κ3) is 3.02. The van der Waals surface area contributed by atoms with Gasteiger partial charge in [0.15, 0.2) is 0 Å². The van der Waals surface area contributed by atoms with Crippen molar-refractivity contribution < 1.29 is 23.8 Å². The summed E-state index contributed by atoms with van der Waals surface area (Å²) in [6, 6.07) is 5.24. The van der Waals surface area contributed by atoms with E-state index >= 15 is 0 Å². The Labute approximate surface area is 141 Å². The van der Waals surface area contributed by atoms with Gasteiger partial charge in [0.2, 0.25) is 0 Å². The molecule has 1 aromatic carbocycles. The van der Waals surface area contributed by atoms with E-state index in [1.165, 1.54) is 24.3 Å². The zero-order chi connectivity index (χ0) is 17.3. The number of hydrogen-bond donors (Lipinski definition) is 1. The van der Waals surface area contributed by atoms with Crippen LogP contribution in [0.25, 0.3) is 10.6 Å². The Bertz CT molecular complexity index is 779. The van der Waals surface area contributed by atoms with Gasteiger partial charge in [-0.05, 0) is 12.1 Å². The number of aliphatic carboxylic acids is 1. The minimum Gasteiger partial charge on any atom is -0.480 e. The van der Waals surface area contributed by atoms with Crippen LogP contribution in [0, 0.1) is 5.82 Å². The number of hydrogen-bond acceptors (Lipinski definition) is 5. The molecular weight excluding hydrogens is 335 g/mol. The van der Waals surface area contributed by atoms with Crippen LogP contribution in [0.15, 0.2) is 30.5 Å². The number of halogens is 1. The van der Waals surface area contributed by atoms with Gasteiger partial charge in [-0.3, -0.25) is 4.79 Å². The topological polar surface area (TPSA) is 79.7 Å². The third-order valence-electron chi connectivity index (χ3n) is 3.96. The van der Waals surface area contributed by atoms with Crippen molar-refractivity contribution in [2.24, 2.45) is 0 Å². The second kappa shape index (κ2) is 6.66. The van der Waals surface area contributed by atoms with E-state index in [0.29, 0.717) is 10.6 Å². The zero-order valence-corrected chi connectivity index (χ0v) is 13.6. The lowest BCUT2D eigenvalue weighted by atomic mass is 10.2. The van der Waals surface area contributed by atoms with Crippen molar-refractivity contribution in [3.63, 3.8) is 0 Å². The molecule has 2 aromatic rings. The highest BCUT2D eigenvalue weighted by atomic mass is 32.1. The molecule has 2 unspecified atom stereocenters. The van der Waals surface area contributed by atoms with Crippen LogP contribution in [0.3, 0.4) is 0 Å². The predicted octanol–water partition coefficient (Wildman–Crippen LogP) is 2.26. The zero-order valence-electron chi connectivity index (χ0n) is 12.8. The Morgan fingerprint density at radius 3 is 2.83 bits per heavy atom. The van der Waals surface area contributed by atoms with E-state index in [1.54, 1.807) is 18.2 Å².